The van der Waals surface area contributed by atoms with Gasteiger partial charge in [0.25, 0.3) is 5.91 Å². The number of fused-ring (bicyclic) bond motifs is 1. The van der Waals surface area contributed by atoms with Crippen LogP contribution in [0.25, 0.3) is 10.1 Å². The molecule has 2 amide bonds. The minimum absolute atomic E-state index is 0.0297. The van der Waals surface area contributed by atoms with Gasteiger partial charge in [-0.15, -0.1) is 11.3 Å². The maximum atomic E-state index is 12.2. The maximum absolute atomic E-state index is 12.2. The van der Waals surface area contributed by atoms with Crippen LogP contribution < -0.4 is 16.4 Å². The van der Waals surface area contributed by atoms with Crippen molar-refractivity contribution in [3.05, 3.63) is 29.1 Å². The zero-order chi connectivity index (χ0) is 14.1. The Labute approximate surface area is 120 Å². The molecule has 1 unspecified atom stereocenters. The molecule has 1 aliphatic rings. The predicted octanol–water partition coefficient (Wildman–Crippen LogP) is 1.49. The molecule has 1 atom stereocenters. The molecule has 5 nitrogen and oxygen atoms in total. The van der Waals surface area contributed by atoms with E-state index in [0.717, 1.165) is 16.5 Å². The lowest BCUT2D eigenvalue weighted by Crippen LogP contribution is -2.38. The first-order valence-electron chi connectivity index (χ1n) is 6.49. The number of nitrogens with one attached hydrogen (secondary N) is 2. The number of thiophene rings is 1. The number of hydrogen-bond acceptors (Lipinski definition) is 4. The largest absolute Gasteiger partial charge is 0.397 e. The number of nitrogen functional groups attached to an aromatic ring is 1. The summed E-state index contributed by atoms with van der Waals surface area (Å²) in [5.74, 6) is -0.129. The van der Waals surface area contributed by atoms with Crippen LogP contribution in [0.3, 0.4) is 0 Å². The van der Waals surface area contributed by atoms with Crippen molar-refractivity contribution in [2.75, 3.05) is 12.3 Å². The van der Waals surface area contributed by atoms with Crippen molar-refractivity contribution in [2.24, 2.45) is 0 Å². The summed E-state index contributed by atoms with van der Waals surface area (Å²) in [4.78, 5) is 23.8. The standard InChI is InChI=1S/C14H15N3O2S/c15-12-9-3-1-2-4-10(9)20-13(12)14(19)16-7-8-5-6-11(18)17-8/h1-4,8H,5-7,15H2,(H,16,19)(H,17,18). The summed E-state index contributed by atoms with van der Waals surface area (Å²) < 4.78 is 1.00. The predicted molar refractivity (Wildman–Crippen MR) is 79.7 cm³/mol. The molecule has 2 heterocycles. The highest BCUT2D eigenvalue weighted by Crippen LogP contribution is 2.33. The number of rotatable bonds is 3. The molecule has 3 rings (SSSR count). The molecule has 0 radical (unpaired) electrons. The highest BCUT2D eigenvalue weighted by molar-refractivity contribution is 7.21. The van der Waals surface area contributed by atoms with Crippen molar-refractivity contribution in [2.45, 2.75) is 18.9 Å². The van der Waals surface area contributed by atoms with E-state index < -0.39 is 0 Å². The van der Waals surface area contributed by atoms with E-state index >= 15 is 0 Å². The molecular formula is C14H15N3O2S. The van der Waals surface area contributed by atoms with E-state index in [1.54, 1.807) is 0 Å². The molecule has 0 aliphatic carbocycles. The van der Waals surface area contributed by atoms with E-state index in [0.29, 0.717) is 23.5 Å². The number of carbonyl (C=O) groups is 2. The van der Waals surface area contributed by atoms with E-state index in [1.165, 1.54) is 11.3 Å². The average Bonchev–Trinajstić information content (AvgIpc) is 3.01. The SMILES string of the molecule is Nc1c(C(=O)NCC2CCC(=O)N2)sc2ccccc12. The molecule has 2 aromatic rings. The first-order valence-corrected chi connectivity index (χ1v) is 7.31. The lowest BCUT2D eigenvalue weighted by Gasteiger charge is -2.10. The second-order valence-corrected chi connectivity index (χ2v) is 5.91. The van der Waals surface area contributed by atoms with Crippen LogP contribution in [0.1, 0.15) is 22.5 Å². The first kappa shape index (κ1) is 12.9. The molecule has 1 aliphatic heterocycles. The molecule has 0 spiro atoms. The summed E-state index contributed by atoms with van der Waals surface area (Å²) in [6.45, 7) is 0.443. The smallest absolute Gasteiger partial charge is 0.263 e. The lowest BCUT2D eigenvalue weighted by molar-refractivity contribution is -0.119. The van der Waals surface area contributed by atoms with Gasteiger partial charge in [0.1, 0.15) is 4.88 Å². The van der Waals surface area contributed by atoms with Gasteiger partial charge in [0, 0.05) is 29.1 Å². The summed E-state index contributed by atoms with van der Waals surface area (Å²) in [6, 6.07) is 7.72. The molecule has 1 aromatic carbocycles. The molecule has 0 saturated carbocycles. The van der Waals surface area contributed by atoms with Crippen LogP contribution in [0.2, 0.25) is 0 Å². The molecule has 104 valence electrons. The zero-order valence-corrected chi connectivity index (χ0v) is 11.6. The minimum Gasteiger partial charge on any atom is -0.397 e. The fourth-order valence-corrected chi connectivity index (χ4v) is 3.40. The monoisotopic (exact) mass is 289 g/mol. The van der Waals surface area contributed by atoms with Gasteiger partial charge in [0.2, 0.25) is 5.91 Å². The Hall–Kier alpha value is -2.08. The number of nitrogens with two attached hydrogens (primary N) is 1. The van der Waals surface area contributed by atoms with E-state index in [2.05, 4.69) is 10.6 Å². The number of carbonyl (C=O) groups excluding carboxylic acids is 2. The Morgan fingerprint density at radius 1 is 1.45 bits per heavy atom. The van der Waals surface area contributed by atoms with E-state index in [-0.39, 0.29) is 17.9 Å². The molecule has 20 heavy (non-hydrogen) atoms. The molecule has 4 N–H and O–H groups in total. The van der Waals surface area contributed by atoms with Crippen molar-refractivity contribution in [1.82, 2.24) is 10.6 Å². The van der Waals surface area contributed by atoms with Crippen molar-refractivity contribution in [3.8, 4) is 0 Å². The Morgan fingerprint density at radius 2 is 2.25 bits per heavy atom. The zero-order valence-electron chi connectivity index (χ0n) is 10.8. The fraction of sp³-hybridized carbons (Fsp3) is 0.286. The van der Waals surface area contributed by atoms with Crippen molar-refractivity contribution in [1.29, 1.82) is 0 Å². The van der Waals surface area contributed by atoms with Gasteiger partial charge >= 0.3 is 0 Å². The van der Waals surface area contributed by atoms with Crippen LogP contribution in [0.4, 0.5) is 5.69 Å². The Bertz CT molecular complexity index is 680. The van der Waals surface area contributed by atoms with Gasteiger partial charge in [0.15, 0.2) is 0 Å². The average molecular weight is 289 g/mol. The Morgan fingerprint density at radius 3 is 2.95 bits per heavy atom. The van der Waals surface area contributed by atoms with Crippen molar-refractivity contribution < 1.29 is 9.59 Å². The lowest BCUT2D eigenvalue weighted by atomic mass is 10.2. The number of benzene rings is 1. The molecule has 1 saturated heterocycles. The molecule has 1 fully saturated rings. The molecule has 6 heteroatoms. The van der Waals surface area contributed by atoms with Gasteiger partial charge in [-0.1, -0.05) is 18.2 Å². The first-order chi connectivity index (χ1) is 9.65. The third-order valence-electron chi connectivity index (χ3n) is 3.43. The van der Waals surface area contributed by atoms with E-state index in [9.17, 15) is 9.59 Å². The van der Waals surface area contributed by atoms with Crippen LogP contribution in [0.5, 0.6) is 0 Å². The van der Waals surface area contributed by atoms with Crippen LogP contribution in [0.15, 0.2) is 24.3 Å². The molecular weight excluding hydrogens is 274 g/mol. The summed E-state index contributed by atoms with van der Waals surface area (Å²) in [6.07, 6.45) is 1.30. The maximum Gasteiger partial charge on any atom is 0.263 e. The van der Waals surface area contributed by atoms with Gasteiger partial charge in [-0.05, 0) is 12.5 Å². The van der Waals surface area contributed by atoms with Crippen molar-refractivity contribution >= 4 is 38.9 Å². The molecule has 1 aromatic heterocycles. The summed E-state index contributed by atoms with van der Waals surface area (Å²) in [5.41, 5.74) is 6.55. The second-order valence-electron chi connectivity index (χ2n) is 4.85. The minimum atomic E-state index is -0.176. The van der Waals surface area contributed by atoms with Gasteiger partial charge < -0.3 is 16.4 Å². The second kappa shape index (κ2) is 5.13. The highest BCUT2D eigenvalue weighted by atomic mass is 32.1. The summed E-state index contributed by atoms with van der Waals surface area (Å²) in [5, 5.41) is 6.57. The van der Waals surface area contributed by atoms with Crippen LogP contribution >= 0.6 is 11.3 Å². The third-order valence-corrected chi connectivity index (χ3v) is 4.62. The van der Waals surface area contributed by atoms with Crippen LogP contribution in [-0.4, -0.2) is 24.4 Å². The number of anilines is 1. The Balaban J connectivity index is 1.72. The fourth-order valence-electron chi connectivity index (χ4n) is 2.36. The molecule has 0 bridgehead atoms. The Kier molecular flexibility index (Phi) is 3.31. The summed E-state index contributed by atoms with van der Waals surface area (Å²) >= 11 is 1.39. The van der Waals surface area contributed by atoms with Gasteiger partial charge in [0.05, 0.1) is 5.69 Å². The van der Waals surface area contributed by atoms with E-state index in [4.69, 9.17) is 5.73 Å². The van der Waals surface area contributed by atoms with Gasteiger partial charge in [-0.3, -0.25) is 9.59 Å². The number of amides is 2. The van der Waals surface area contributed by atoms with Crippen molar-refractivity contribution in [3.63, 3.8) is 0 Å². The topological polar surface area (TPSA) is 84.2 Å². The van der Waals surface area contributed by atoms with E-state index in [1.807, 2.05) is 24.3 Å². The quantitative estimate of drug-likeness (QED) is 0.800. The van der Waals surface area contributed by atoms with Gasteiger partial charge in [-0.2, -0.15) is 0 Å². The van der Waals surface area contributed by atoms with Crippen LogP contribution in [-0.2, 0) is 4.79 Å². The number of hydrogen-bond donors (Lipinski definition) is 3. The highest BCUT2D eigenvalue weighted by Gasteiger charge is 2.22. The van der Waals surface area contributed by atoms with Gasteiger partial charge in [-0.25, -0.2) is 0 Å². The third kappa shape index (κ3) is 2.34. The van der Waals surface area contributed by atoms with Crippen LogP contribution in [0, 0.1) is 0 Å². The summed E-state index contributed by atoms with van der Waals surface area (Å²) in [7, 11) is 0. The normalized spacial score (nSPS) is 18.2.